The Bertz CT molecular complexity index is 679. The van der Waals surface area contributed by atoms with E-state index in [-0.39, 0.29) is 11.8 Å². The highest BCUT2D eigenvalue weighted by molar-refractivity contribution is 5.79. The second kappa shape index (κ2) is 7.03. The number of rotatable bonds is 4. The number of anilines is 1. The van der Waals surface area contributed by atoms with Gasteiger partial charge in [-0.3, -0.25) is 4.79 Å². The van der Waals surface area contributed by atoms with Crippen molar-refractivity contribution in [1.29, 1.82) is 0 Å². The van der Waals surface area contributed by atoms with Gasteiger partial charge in [0.05, 0.1) is 18.2 Å². The number of carbonyl (C=O) groups excluding carboxylic acids is 1. The highest BCUT2D eigenvalue weighted by Gasteiger charge is 2.29. The maximum atomic E-state index is 12.9. The molecule has 0 N–H and O–H groups in total. The second-order valence-corrected chi connectivity index (χ2v) is 6.47. The van der Waals surface area contributed by atoms with Gasteiger partial charge >= 0.3 is 0 Å². The van der Waals surface area contributed by atoms with Crippen LogP contribution in [0.4, 0.5) is 5.82 Å². The van der Waals surface area contributed by atoms with Crippen LogP contribution in [0.2, 0.25) is 0 Å². The van der Waals surface area contributed by atoms with Crippen LogP contribution in [0, 0.1) is 19.8 Å². The van der Waals surface area contributed by atoms with Crippen molar-refractivity contribution in [2.75, 3.05) is 25.0 Å². The molecule has 24 heavy (non-hydrogen) atoms. The molecule has 2 aromatic rings. The Morgan fingerprint density at radius 2 is 2.25 bits per heavy atom. The Hall–Kier alpha value is -2.37. The predicted molar refractivity (Wildman–Crippen MR) is 91.6 cm³/mol. The number of hydrogen-bond acceptors (Lipinski definition) is 5. The van der Waals surface area contributed by atoms with Crippen LogP contribution in [0.5, 0.6) is 0 Å². The van der Waals surface area contributed by atoms with Crippen LogP contribution >= 0.6 is 0 Å². The molecule has 1 aliphatic heterocycles. The van der Waals surface area contributed by atoms with Gasteiger partial charge in [0.1, 0.15) is 11.6 Å². The Labute approximate surface area is 142 Å². The molecule has 1 saturated heterocycles. The maximum Gasteiger partial charge on any atom is 0.227 e. The zero-order valence-electron chi connectivity index (χ0n) is 14.5. The minimum absolute atomic E-state index is 0.00577. The average molecular weight is 328 g/mol. The van der Waals surface area contributed by atoms with Gasteiger partial charge in [-0.1, -0.05) is 11.2 Å². The molecule has 0 spiro atoms. The van der Waals surface area contributed by atoms with E-state index < -0.39 is 0 Å². The second-order valence-electron chi connectivity index (χ2n) is 6.47. The van der Waals surface area contributed by atoms with Crippen LogP contribution in [0.3, 0.4) is 0 Å². The number of aromatic nitrogens is 2. The van der Waals surface area contributed by atoms with E-state index in [4.69, 9.17) is 4.52 Å². The maximum absolute atomic E-state index is 12.9. The number of aryl methyl sites for hydroxylation is 2. The third kappa shape index (κ3) is 3.42. The smallest absolute Gasteiger partial charge is 0.227 e. The number of hydrogen-bond donors (Lipinski definition) is 0. The molecule has 0 radical (unpaired) electrons. The van der Waals surface area contributed by atoms with Gasteiger partial charge in [0.2, 0.25) is 5.91 Å². The van der Waals surface area contributed by atoms with E-state index in [1.165, 1.54) is 0 Å². The fourth-order valence-corrected chi connectivity index (χ4v) is 3.28. The molecule has 128 valence electrons. The van der Waals surface area contributed by atoms with E-state index in [9.17, 15) is 4.79 Å². The molecule has 0 aliphatic carbocycles. The van der Waals surface area contributed by atoms with Crippen molar-refractivity contribution in [2.45, 2.75) is 33.2 Å². The van der Waals surface area contributed by atoms with Crippen molar-refractivity contribution in [3.63, 3.8) is 0 Å². The lowest BCUT2D eigenvalue weighted by atomic mass is 9.96. The molecule has 0 unspecified atom stereocenters. The highest BCUT2D eigenvalue weighted by atomic mass is 16.5. The normalized spacial score (nSPS) is 17.8. The molecular formula is C18H24N4O2. The van der Waals surface area contributed by atoms with Gasteiger partial charge in [0, 0.05) is 31.9 Å². The van der Waals surface area contributed by atoms with Crippen LogP contribution in [-0.4, -0.2) is 41.1 Å². The first-order chi connectivity index (χ1) is 11.6. The summed E-state index contributed by atoms with van der Waals surface area (Å²) in [6.45, 7) is 6.01. The fourth-order valence-electron chi connectivity index (χ4n) is 3.28. The molecule has 0 saturated carbocycles. The SMILES string of the molecule is Cc1noc(C)c1CN(C)C(=O)[C@@H]1CCCN(c2ccccn2)C1. The predicted octanol–water partition coefficient (Wildman–Crippen LogP) is 2.56. The Kier molecular flexibility index (Phi) is 4.83. The van der Waals surface area contributed by atoms with Crippen molar-refractivity contribution in [1.82, 2.24) is 15.0 Å². The Balaban J connectivity index is 1.66. The molecule has 1 amide bonds. The zero-order valence-corrected chi connectivity index (χ0v) is 14.5. The van der Waals surface area contributed by atoms with Gasteiger partial charge < -0.3 is 14.3 Å². The number of piperidine rings is 1. The lowest BCUT2D eigenvalue weighted by molar-refractivity contribution is -0.135. The fraction of sp³-hybridized carbons (Fsp3) is 0.500. The van der Waals surface area contributed by atoms with Crippen molar-refractivity contribution in [3.8, 4) is 0 Å². The van der Waals surface area contributed by atoms with Crippen molar-refractivity contribution < 1.29 is 9.32 Å². The van der Waals surface area contributed by atoms with Gasteiger partial charge in [-0.25, -0.2) is 4.98 Å². The summed E-state index contributed by atoms with van der Waals surface area (Å²) >= 11 is 0. The lowest BCUT2D eigenvalue weighted by Crippen LogP contribution is -2.43. The van der Waals surface area contributed by atoms with Crippen LogP contribution in [0.15, 0.2) is 28.9 Å². The summed E-state index contributed by atoms with van der Waals surface area (Å²) in [6, 6.07) is 5.89. The lowest BCUT2D eigenvalue weighted by Gasteiger charge is -2.34. The molecular weight excluding hydrogens is 304 g/mol. The zero-order chi connectivity index (χ0) is 17.1. The Morgan fingerprint density at radius 3 is 2.92 bits per heavy atom. The minimum atomic E-state index is 0.00577. The average Bonchev–Trinajstić information content (AvgIpc) is 2.94. The molecule has 3 rings (SSSR count). The molecule has 6 heteroatoms. The standard InChI is InChI=1S/C18H24N4O2/c1-13-16(14(2)24-20-13)12-21(3)18(23)15-7-6-10-22(11-15)17-8-4-5-9-19-17/h4-5,8-9,15H,6-7,10-12H2,1-3H3/t15-/m1/s1. The Morgan fingerprint density at radius 1 is 1.42 bits per heavy atom. The van der Waals surface area contributed by atoms with Gasteiger partial charge in [0.25, 0.3) is 0 Å². The van der Waals surface area contributed by atoms with Crippen molar-refractivity contribution >= 4 is 11.7 Å². The van der Waals surface area contributed by atoms with Crippen LogP contribution < -0.4 is 4.90 Å². The van der Waals surface area contributed by atoms with Gasteiger partial charge in [0.15, 0.2) is 0 Å². The molecule has 2 aromatic heterocycles. The quantitative estimate of drug-likeness (QED) is 0.863. The summed E-state index contributed by atoms with van der Waals surface area (Å²) in [5.74, 6) is 1.91. The first kappa shape index (κ1) is 16.5. The number of carbonyl (C=O) groups is 1. The molecule has 0 aromatic carbocycles. The summed E-state index contributed by atoms with van der Waals surface area (Å²) < 4.78 is 5.19. The molecule has 3 heterocycles. The largest absolute Gasteiger partial charge is 0.361 e. The summed E-state index contributed by atoms with van der Waals surface area (Å²) in [5.41, 5.74) is 1.86. The summed E-state index contributed by atoms with van der Waals surface area (Å²) in [4.78, 5) is 21.3. The summed E-state index contributed by atoms with van der Waals surface area (Å²) in [5, 5.41) is 3.96. The number of pyridine rings is 1. The van der Waals surface area contributed by atoms with Crippen LogP contribution in [0.25, 0.3) is 0 Å². The number of nitrogens with zero attached hydrogens (tertiary/aromatic N) is 4. The number of amides is 1. The van der Waals surface area contributed by atoms with Crippen LogP contribution in [-0.2, 0) is 11.3 Å². The van der Waals surface area contributed by atoms with Crippen molar-refractivity contribution in [3.05, 3.63) is 41.4 Å². The van der Waals surface area contributed by atoms with E-state index in [0.29, 0.717) is 6.54 Å². The highest BCUT2D eigenvalue weighted by Crippen LogP contribution is 2.24. The topological polar surface area (TPSA) is 62.5 Å². The van der Waals surface area contributed by atoms with Gasteiger partial charge in [-0.15, -0.1) is 0 Å². The summed E-state index contributed by atoms with van der Waals surface area (Å²) in [7, 11) is 1.86. The van der Waals surface area contributed by atoms with E-state index in [1.54, 1.807) is 11.1 Å². The van der Waals surface area contributed by atoms with E-state index in [2.05, 4.69) is 15.0 Å². The molecule has 0 bridgehead atoms. The molecule has 1 aliphatic rings. The molecule has 1 fully saturated rings. The van der Waals surface area contributed by atoms with Gasteiger partial charge in [-0.05, 0) is 38.8 Å². The van der Waals surface area contributed by atoms with Gasteiger partial charge in [-0.2, -0.15) is 0 Å². The van der Waals surface area contributed by atoms with E-state index >= 15 is 0 Å². The third-order valence-electron chi connectivity index (χ3n) is 4.70. The van der Waals surface area contributed by atoms with E-state index in [0.717, 1.165) is 48.8 Å². The van der Waals surface area contributed by atoms with Crippen LogP contribution in [0.1, 0.15) is 29.9 Å². The third-order valence-corrected chi connectivity index (χ3v) is 4.70. The molecule has 1 atom stereocenters. The minimum Gasteiger partial charge on any atom is -0.361 e. The first-order valence-corrected chi connectivity index (χ1v) is 8.39. The summed E-state index contributed by atoms with van der Waals surface area (Å²) in [6.07, 6.45) is 3.73. The first-order valence-electron chi connectivity index (χ1n) is 8.39. The van der Waals surface area contributed by atoms with E-state index in [1.807, 2.05) is 39.1 Å². The van der Waals surface area contributed by atoms with Crippen molar-refractivity contribution in [2.24, 2.45) is 5.92 Å². The molecule has 6 nitrogen and oxygen atoms in total. The monoisotopic (exact) mass is 328 g/mol.